The molecule has 0 saturated heterocycles. The molecule has 0 amide bonds. The third kappa shape index (κ3) is 3.69. The fraction of sp³-hybridized carbons (Fsp3) is 0.125. The molecule has 0 radical (unpaired) electrons. The van der Waals surface area contributed by atoms with Gasteiger partial charge in [0.1, 0.15) is 11.6 Å². The largest absolute Gasteiger partial charge is 0.416 e. The number of fused-ring (bicyclic) bond motifs is 1. The molecular formula is C16H9BrClF4N3. The first-order chi connectivity index (χ1) is 11.6. The van der Waals surface area contributed by atoms with Gasteiger partial charge in [-0.2, -0.15) is 18.2 Å². The van der Waals surface area contributed by atoms with Crippen LogP contribution in [-0.2, 0) is 6.18 Å². The highest BCUT2D eigenvalue weighted by Crippen LogP contribution is 2.35. The monoisotopic (exact) mass is 433 g/mol. The van der Waals surface area contributed by atoms with Crippen LogP contribution in [0.4, 0.5) is 29.1 Å². The van der Waals surface area contributed by atoms with Crippen molar-refractivity contribution in [2.24, 2.45) is 0 Å². The third-order valence-corrected chi connectivity index (χ3v) is 4.16. The van der Waals surface area contributed by atoms with Crippen LogP contribution in [0.5, 0.6) is 0 Å². The Morgan fingerprint density at radius 1 is 1.08 bits per heavy atom. The van der Waals surface area contributed by atoms with E-state index in [1.54, 1.807) is 13.1 Å². The maximum Gasteiger partial charge on any atom is 0.416 e. The molecule has 3 nitrogen and oxygen atoms in total. The molecule has 0 spiro atoms. The molecule has 0 fully saturated rings. The third-order valence-electron chi connectivity index (χ3n) is 3.53. The molecule has 3 aromatic rings. The van der Waals surface area contributed by atoms with Gasteiger partial charge >= 0.3 is 6.18 Å². The number of hydrogen-bond donors (Lipinski definition) is 0. The molecule has 130 valence electrons. The van der Waals surface area contributed by atoms with Crippen LogP contribution in [-0.4, -0.2) is 17.0 Å². The molecule has 0 aliphatic rings. The summed E-state index contributed by atoms with van der Waals surface area (Å²) in [5.41, 5.74) is -0.341. The summed E-state index contributed by atoms with van der Waals surface area (Å²) in [6.07, 6.45) is -4.49. The van der Waals surface area contributed by atoms with Gasteiger partial charge in [0.15, 0.2) is 0 Å². The van der Waals surface area contributed by atoms with E-state index in [1.165, 1.54) is 23.1 Å². The lowest BCUT2D eigenvalue weighted by Gasteiger charge is -2.21. The number of alkyl halides is 3. The van der Waals surface area contributed by atoms with E-state index in [1.807, 2.05) is 0 Å². The number of nitrogens with zero attached hydrogens (tertiary/aromatic N) is 3. The van der Waals surface area contributed by atoms with Crippen molar-refractivity contribution in [1.29, 1.82) is 0 Å². The number of halogens is 6. The second-order valence-corrected chi connectivity index (χ2v) is 6.49. The molecule has 9 heteroatoms. The maximum atomic E-state index is 13.6. The quantitative estimate of drug-likeness (QED) is 0.367. The molecule has 0 N–H and O–H groups in total. The Morgan fingerprint density at radius 2 is 1.80 bits per heavy atom. The first-order valence-corrected chi connectivity index (χ1v) is 8.06. The van der Waals surface area contributed by atoms with Crippen LogP contribution in [0, 0.1) is 5.82 Å². The van der Waals surface area contributed by atoms with Gasteiger partial charge in [-0.25, -0.2) is 9.37 Å². The number of aromatic nitrogens is 2. The number of hydrogen-bond acceptors (Lipinski definition) is 3. The summed E-state index contributed by atoms with van der Waals surface area (Å²) in [6.45, 7) is 0. The Balaban J connectivity index is 2.18. The Kier molecular flexibility index (Phi) is 4.59. The van der Waals surface area contributed by atoms with Crippen molar-refractivity contribution < 1.29 is 17.6 Å². The van der Waals surface area contributed by atoms with Gasteiger partial charge in [0.25, 0.3) is 0 Å². The lowest BCUT2D eigenvalue weighted by atomic mass is 10.1. The van der Waals surface area contributed by atoms with Crippen LogP contribution in [0.3, 0.4) is 0 Å². The van der Waals surface area contributed by atoms with E-state index in [9.17, 15) is 17.6 Å². The molecule has 2 aromatic carbocycles. The molecule has 0 atom stereocenters. The second-order valence-electron chi connectivity index (χ2n) is 5.23. The van der Waals surface area contributed by atoms with Gasteiger partial charge < -0.3 is 4.90 Å². The molecule has 0 saturated carbocycles. The van der Waals surface area contributed by atoms with E-state index < -0.39 is 17.6 Å². The lowest BCUT2D eigenvalue weighted by Crippen LogP contribution is -2.13. The molecule has 0 aliphatic heterocycles. The van der Waals surface area contributed by atoms with Gasteiger partial charge in [0.05, 0.1) is 11.1 Å². The smallest absolute Gasteiger partial charge is 0.329 e. The normalized spacial score (nSPS) is 11.8. The highest BCUT2D eigenvalue weighted by molar-refractivity contribution is 9.10. The fourth-order valence-electron chi connectivity index (χ4n) is 2.37. The predicted octanol–water partition coefficient (Wildman–Crippen LogP) is 5.97. The Hall–Kier alpha value is -1.93. The van der Waals surface area contributed by atoms with E-state index in [2.05, 4.69) is 25.9 Å². The zero-order valence-electron chi connectivity index (χ0n) is 12.6. The summed E-state index contributed by atoms with van der Waals surface area (Å²) >= 11 is 9.07. The van der Waals surface area contributed by atoms with Crippen molar-refractivity contribution in [3.05, 3.63) is 57.5 Å². The Bertz CT molecular complexity index is 942. The van der Waals surface area contributed by atoms with E-state index in [0.29, 0.717) is 15.5 Å². The average molecular weight is 435 g/mol. The summed E-state index contributed by atoms with van der Waals surface area (Å²) in [5.74, 6) is -0.207. The lowest BCUT2D eigenvalue weighted by molar-refractivity contribution is -0.137. The predicted molar refractivity (Wildman–Crippen MR) is 91.7 cm³/mol. The van der Waals surface area contributed by atoms with Crippen LogP contribution in [0.2, 0.25) is 5.28 Å². The van der Waals surface area contributed by atoms with Crippen molar-refractivity contribution in [3.8, 4) is 0 Å². The summed E-state index contributed by atoms with van der Waals surface area (Å²) in [4.78, 5) is 9.48. The van der Waals surface area contributed by atoms with Crippen molar-refractivity contribution >= 4 is 49.9 Å². The molecule has 25 heavy (non-hydrogen) atoms. The zero-order chi connectivity index (χ0) is 18.4. The number of anilines is 2. The standard InChI is InChI=1S/C16H9BrClF4N3/c1-25(11-6-9(17)5-10(19)7-11)14-12-3-2-8(16(20,21)22)4-13(12)23-15(18)24-14/h2-7H,1H3. The van der Waals surface area contributed by atoms with Gasteiger partial charge in [-0.3, -0.25) is 0 Å². The first-order valence-electron chi connectivity index (χ1n) is 6.89. The van der Waals surface area contributed by atoms with E-state index in [4.69, 9.17) is 11.6 Å². The van der Waals surface area contributed by atoms with Gasteiger partial charge in [-0.05, 0) is 48.0 Å². The minimum Gasteiger partial charge on any atom is -0.329 e. The minimum absolute atomic E-state index is 0.0483. The first kappa shape index (κ1) is 17.9. The van der Waals surface area contributed by atoms with Gasteiger partial charge in [0, 0.05) is 22.6 Å². The average Bonchev–Trinajstić information content (AvgIpc) is 2.51. The number of benzene rings is 2. The minimum atomic E-state index is -4.49. The van der Waals surface area contributed by atoms with Crippen molar-refractivity contribution in [3.63, 3.8) is 0 Å². The van der Waals surface area contributed by atoms with Crippen LogP contribution >= 0.6 is 27.5 Å². The number of rotatable bonds is 2. The van der Waals surface area contributed by atoms with Crippen molar-refractivity contribution in [2.75, 3.05) is 11.9 Å². The van der Waals surface area contributed by atoms with Crippen molar-refractivity contribution in [1.82, 2.24) is 9.97 Å². The van der Waals surface area contributed by atoms with E-state index >= 15 is 0 Å². The Labute approximate surface area is 153 Å². The molecule has 0 unspecified atom stereocenters. The topological polar surface area (TPSA) is 29.0 Å². The van der Waals surface area contributed by atoms with Crippen LogP contribution < -0.4 is 4.90 Å². The molecule has 0 aliphatic carbocycles. The molecule has 1 heterocycles. The maximum absolute atomic E-state index is 13.6. The molecule has 1 aromatic heterocycles. The van der Waals surface area contributed by atoms with E-state index in [0.717, 1.165) is 12.1 Å². The van der Waals surface area contributed by atoms with Gasteiger partial charge in [-0.1, -0.05) is 15.9 Å². The summed E-state index contributed by atoms with van der Waals surface area (Å²) < 4.78 is 52.8. The molecular weight excluding hydrogens is 426 g/mol. The van der Waals surface area contributed by atoms with Gasteiger partial charge in [0.2, 0.25) is 5.28 Å². The summed E-state index contributed by atoms with van der Waals surface area (Å²) in [6, 6.07) is 7.33. The van der Waals surface area contributed by atoms with Crippen molar-refractivity contribution in [2.45, 2.75) is 6.18 Å². The summed E-state index contributed by atoms with van der Waals surface area (Å²) in [5, 5.41) is 0.157. The zero-order valence-corrected chi connectivity index (χ0v) is 14.9. The molecule has 3 rings (SSSR count). The van der Waals surface area contributed by atoms with Crippen LogP contribution in [0.25, 0.3) is 10.9 Å². The molecule has 0 bridgehead atoms. The Morgan fingerprint density at radius 3 is 2.44 bits per heavy atom. The van der Waals surface area contributed by atoms with Gasteiger partial charge in [-0.15, -0.1) is 0 Å². The SMILES string of the molecule is CN(c1cc(F)cc(Br)c1)c1nc(Cl)nc2cc(C(F)(F)F)ccc12. The summed E-state index contributed by atoms with van der Waals surface area (Å²) in [7, 11) is 1.61. The second kappa shape index (κ2) is 6.42. The fourth-order valence-corrected chi connectivity index (χ4v) is 3.00. The van der Waals surface area contributed by atoms with E-state index in [-0.39, 0.29) is 16.6 Å². The highest BCUT2D eigenvalue weighted by Gasteiger charge is 2.31. The highest BCUT2D eigenvalue weighted by atomic mass is 79.9. The van der Waals surface area contributed by atoms with Crippen LogP contribution in [0.1, 0.15) is 5.56 Å². The van der Waals surface area contributed by atoms with Crippen LogP contribution in [0.15, 0.2) is 40.9 Å².